The molecular formula is C11H15BrOS. The van der Waals surface area contributed by atoms with Gasteiger partial charge >= 0.3 is 0 Å². The summed E-state index contributed by atoms with van der Waals surface area (Å²) >= 11 is 5.18. The Labute approximate surface area is 98.0 Å². The van der Waals surface area contributed by atoms with Crippen molar-refractivity contribution >= 4 is 27.7 Å². The molecule has 0 aliphatic carbocycles. The number of rotatable bonds is 4. The van der Waals surface area contributed by atoms with E-state index < -0.39 is 0 Å². The van der Waals surface area contributed by atoms with Crippen molar-refractivity contribution in [3.05, 3.63) is 28.7 Å². The third-order valence-corrected chi connectivity index (χ3v) is 3.93. The maximum absolute atomic E-state index is 9.10. The first-order chi connectivity index (χ1) is 6.53. The third kappa shape index (κ3) is 4.03. The van der Waals surface area contributed by atoms with E-state index in [0.717, 1.165) is 10.2 Å². The highest BCUT2D eigenvalue weighted by atomic mass is 79.9. The Bertz CT molecular complexity index is 282. The second-order valence-electron chi connectivity index (χ2n) is 4.06. The highest BCUT2D eigenvalue weighted by Gasteiger charge is 2.16. The second kappa shape index (κ2) is 5.19. The first-order valence-corrected chi connectivity index (χ1v) is 6.31. The predicted molar refractivity (Wildman–Crippen MR) is 65.7 cm³/mol. The Kier molecular flexibility index (Phi) is 4.48. The van der Waals surface area contributed by atoms with Crippen LogP contribution in [0.25, 0.3) is 0 Å². The zero-order valence-electron chi connectivity index (χ0n) is 8.46. The largest absolute Gasteiger partial charge is 0.396 e. The van der Waals surface area contributed by atoms with E-state index in [1.165, 1.54) is 4.90 Å². The molecule has 0 unspecified atom stereocenters. The highest BCUT2D eigenvalue weighted by Crippen LogP contribution is 2.27. The molecular weight excluding hydrogens is 260 g/mol. The number of hydrogen-bond donors (Lipinski definition) is 1. The highest BCUT2D eigenvalue weighted by molar-refractivity contribution is 9.10. The first-order valence-electron chi connectivity index (χ1n) is 4.53. The minimum absolute atomic E-state index is 0.00224. The number of aliphatic hydroxyl groups is 1. The number of benzene rings is 1. The van der Waals surface area contributed by atoms with Crippen molar-refractivity contribution in [1.29, 1.82) is 0 Å². The Morgan fingerprint density at radius 3 is 2.36 bits per heavy atom. The van der Waals surface area contributed by atoms with Crippen LogP contribution >= 0.6 is 27.7 Å². The van der Waals surface area contributed by atoms with E-state index in [4.69, 9.17) is 5.11 Å². The lowest BCUT2D eigenvalue weighted by atomic mass is 9.98. The lowest BCUT2D eigenvalue weighted by Crippen LogP contribution is -2.19. The van der Waals surface area contributed by atoms with Crippen LogP contribution in [0.4, 0.5) is 0 Å². The van der Waals surface area contributed by atoms with Crippen LogP contribution in [-0.2, 0) is 0 Å². The first kappa shape index (κ1) is 12.1. The third-order valence-electron chi connectivity index (χ3n) is 1.87. The lowest BCUT2D eigenvalue weighted by Gasteiger charge is -2.20. The summed E-state index contributed by atoms with van der Waals surface area (Å²) in [5, 5.41) is 9.10. The molecule has 1 aromatic rings. The van der Waals surface area contributed by atoms with Crippen molar-refractivity contribution < 1.29 is 5.11 Å². The van der Waals surface area contributed by atoms with Crippen LogP contribution in [0.15, 0.2) is 33.6 Å². The molecule has 0 radical (unpaired) electrons. The molecule has 0 saturated carbocycles. The van der Waals surface area contributed by atoms with Gasteiger partial charge in [0.25, 0.3) is 0 Å². The van der Waals surface area contributed by atoms with Gasteiger partial charge in [0.15, 0.2) is 0 Å². The molecule has 3 heteroatoms. The van der Waals surface area contributed by atoms with Crippen LogP contribution in [0.3, 0.4) is 0 Å². The van der Waals surface area contributed by atoms with Crippen molar-refractivity contribution in [2.24, 2.45) is 5.41 Å². The van der Waals surface area contributed by atoms with Crippen molar-refractivity contribution in [3.8, 4) is 0 Å². The second-order valence-corrected chi connectivity index (χ2v) is 6.03. The predicted octanol–water partition coefficient (Wildman–Crippen LogP) is 3.56. The van der Waals surface area contributed by atoms with Crippen molar-refractivity contribution in [2.75, 3.05) is 12.4 Å². The summed E-state index contributed by atoms with van der Waals surface area (Å²) in [6.07, 6.45) is 0. The zero-order valence-corrected chi connectivity index (χ0v) is 10.9. The van der Waals surface area contributed by atoms with Gasteiger partial charge < -0.3 is 5.11 Å². The summed E-state index contributed by atoms with van der Waals surface area (Å²) in [5.74, 6) is 0.936. The molecule has 0 saturated heterocycles. The van der Waals surface area contributed by atoms with Crippen LogP contribution in [0, 0.1) is 5.41 Å². The van der Waals surface area contributed by atoms with Gasteiger partial charge in [-0.3, -0.25) is 0 Å². The number of hydrogen-bond acceptors (Lipinski definition) is 2. The molecule has 1 nitrogen and oxygen atoms in total. The molecule has 0 aliphatic heterocycles. The van der Waals surface area contributed by atoms with E-state index in [-0.39, 0.29) is 12.0 Å². The summed E-state index contributed by atoms with van der Waals surface area (Å²) < 4.78 is 1.10. The van der Waals surface area contributed by atoms with Crippen LogP contribution < -0.4 is 0 Å². The van der Waals surface area contributed by atoms with Crippen LogP contribution in [0.1, 0.15) is 13.8 Å². The summed E-state index contributed by atoms with van der Waals surface area (Å²) in [7, 11) is 0. The van der Waals surface area contributed by atoms with Gasteiger partial charge in [0.2, 0.25) is 0 Å². The smallest absolute Gasteiger partial charge is 0.0490 e. The van der Waals surface area contributed by atoms with E-state index in [9.17, 15) is 0 Å². The molecule has 0 fully saturated rings. The standard InChI is InChI=1S/C11H15BrOS/c1-11(2,7-13)8-14-10-5-3-9(12)4-6-10/h3-6,13H,7-8H2,1-2H3. The van der Waals surface area contributed by atoms with Gasteiger partial charge in [-0.25, -0.2) is 0 Å². The van der Waals surface area contributed by atoms with Gasteiger partial charge in [-0.15, -0.1) is 11.8 Å². The topological polar surface area (TPSA) is 20.2 Å². The van der Waals surface area contributed by atoms with E-state index in [1.54, 1.807) is 11.8 Å². The van der Waals surface area contributed by atoms with Crippen molar-refractivity contribution in [2.45, 2.75) is 18.7 Å². The average Bonchev–Trinajstić information content (AvgIpc) is 2.17. The van der Waals surface area contributed by atoms with Crippen molar-refractivity contribution in [1.82, 2.24) is 0 Å². The Balaban J connectivity index is 2.50. The molecule has 14 heavy (non-hydrogen) atoms. The van der Waals surface area contributed by atoms with Crippen LogP contribution in [0.2, 0.25) is 0 Å². The Morgan fingerprint density at radius 2 is 1.86 bits per heavy atom. The molecule has 1 aromatic carbocycles. The number of aliphatic hydroxyl groups excluding tert-OH is 1. The normalized spacial score (nSPS) is 11.7. The van der Waals surface area contributed by atoms with Gasteiger partial charge in [-0.05, 0) is 29.7 Å². The maximum atomic E-state index is 9.10. The molecule has 1 N–H and O–H groups in total. The monoisotopic (exact) mass is 274 g/mol. The van der Waals surface area contributed by atoms with Crippen molar-refractivity contribution in [3.63, 3.8) is 0 Å². The van der Waals surface area contributed by atoms with Gasteiger partial charge in [-0.1, -0.05) is 29.8 Å². The summed E-state index contributed by atoms with van der Waals surface area (Å²) in [6, 6.07) is 8.24. The molecule has 0 aromatic heterocycles. The molecule has 0 heterocycles. The molecule has 78 valence electrons. The number of thioether (sulfide) groups is 1. The van der Waals surface area contributed by atoms with Gasteiger partial charge in [-0.2, -0.15) is 0 Å². The Hall–Kier alpha value is 0.01000. The van der Waals surface area contributed by atoms with E-state index in [0.29, 0.717) is 0 Å². The van der Waals surface area contributed by atoms with Crippen LogP contribution in [-0.4, -0.2) is 17.5 Å². The molecule has 0 atom stereocenters. The van der Waals surface area contributed by atoms with E-state index in [1.807, 2.05) is 12.1 Å². The molecule has 0 spiro atoms. The fourth-order valence-electron chi connectivity index (χ4n) is 0.855. The zero-order chi connectivity index (χ0) is 10.6. The van der Waals surface area contributed by atoms with Gasteiger partial charge in [0.1, 0.15) is 0 Å². The fraction of sp³-hybridized carbons (Fsp3) is 0.455. The summed E-state index contributed by atoms with van der Waals surface area (Å²) in [5.41, 5.74) is -0.00224. The molecule has 0 bridgehead atoms. The average molecular weight is 275 g/mol. The minimum atomic E-state index is -0.00224. The molecule has 0 aliphatic rings. The molecule has 0 amide bonds. The van der Waals surface area contributed by atoms with Gasteiger partial charge in [0, 0.05) is 21.7 Å². The van der Waals surface area contributed by atoms with E-state index in [2.05, 4.69) is 41.9 Å². The maximum Gasteiger partial charge on any atom is 0.0490 e. The lowest BCUT2D eigenvalue weighted by molar-refractivity contribution is 0.181. The van der Waals surface area contributed by atoms with Crippen LogP contribution in [0.5, 0.6) is 0 Å². The fourth-order valence-corrected chi connectivity index (χ4v) is 2.10. The minimum Gasteiger partial charge on any atom is -0.396 e. The Morgan fingerprint density at radius 1 is 1.29 bits per heavy atom. The van der Waals surface area contributed by atoms with E-state index >= 15 is 0 Å². The quantitative estimate of drug-likeness (QED) is 0.848. The molecule has 1 rings (SSSR count). The number of halogens is 1. The van der Waals surface area contributed by atoms with Gasteiger partial charge in [0.05, 0.1) is 0 Å². The SMILES string of the molecule is CC(C)(CO)CSc1ccc(Br)cc1. The summed E-state index contributed by atoms with van der Waals surface area (Å²) in [4.78, 5) is 1.25. The summed E-state index contributed by atoms with van der Waals surface area (Å²) in [6.45, 7) is 4.37.